The molecule has 1 atom stereocenters. The molecule has 2 rings (SSSR count). The van der Waals surface area contributed by atoms with Gasteiger partial charge in [-0.3, -0.25) is 4.79 Å². The van der Waals surface area contributed by atoms with Crippen molar-refractivity contribution in [2.45, 2.75) is 71.3 Å². The molecular formula is C21H34N2O. The fourth-order valence-corrected chi connectivity index (χ4v) is 3.18. The summed E-state index contributed by atoms with van der Waals surface area (Å²) < 4.78 is 0. The average molecular weight is 331 g/mol. The van der Waals surface area contributed by atoms with Gasteiger partial charge in [-0.05, 0) is 60.5 Å². The molecule has 0 aromatic heterocycles. The van der Waals surface area contributed by atoms with Crippen molar-refractivity contribution in [3.8, 4) is 0 Å². The van der Waals surface area contributed by atoms with Crippen LogP contribution in [0.1, 0.15) is 75.9 Å². The van der Waals surface area contributed by atoms with Gasteiger partial charge < -0.3 is 10.2 Å². The first-order valence-corrected chi connectivity index (χ1v) is 9.12. The van der Waals surface area contributed by atoms with Crippen LogP contribution in [-0.2, 0) is 10.8 Å². The topological polar surface area (TPSA) is 32.3 Å². The Morgan fingerprint density at radius 3 is 2.04 bits per heavy atom. The van der Waals surface area contributed by atoms with Crippen molar-refractivity contribution in [3.05, 3.63) is 34.9 Å². The SMILES string of the molecule is CN1CCCC(NC(=O)c2cc(C(C)(C)C)cc(C(C)(C)C)c2)C1. The third-order valence-electron chi connectivity index (χ3n) is 4.89. The molecule has 3 nitrogen and oxygen atoms in total. The third-order valence-corrected chi connectivity index (χ3v) is 4.89. The molecule has 0 radical (unpaired) electrons. The van der Waals surface area contributed by atoms with Gasteiger partial charge in [-0.15, -0.1) is 0 Å². The molecule has 1 heterocycles. The Bertz CT molecular complexity index is 561. The van der Waals surface area contributed by atoms with Gasteiger partial charge in [-0.1, -0.05) is 47.6 Å². The van der Waals surface area contributed by atoms with E-state index in [0.29, 0.717) is 0 Å². The van der Waals surface area contributed by atoms with Gasteiger partial charge >= 0.3 is 0 Å². The highest BCUT2D eigenvalue weighted by Gasteiger charge is 2.24. The summed E-state index contributed by atoms with van der Waals surface area (Å²) in [6.45, 7) is 15.3. The normalized spacial score (nSPS) is 20.0. The van der Waals surface area contributed by atoms with Gasteiger partial charge in [0.05, 0.1) is 0 Å². The second-order valence-electron chi connectivity index (χ2n) is 9.37. The number of amides is 1. The molecule has 0 spiro atoms. The number of likely N-dealkylation sites (N-methyl/N-ethyl adjacent to an activating group) is 1. The van der Waals surface area contributed by atoms with E-state index in [1.807, 2.05) is 0 Å². The number of nitrogens with zero attached hydrogens (tertiary/aromatic N) is 1. The first-order valence-electron chi connectivity index (χ1n) is 9.12. The number of carbonyl (C=O) groups excluding carboxylic acids is 1. The lowest BCUT2D eigenvalue weighted by atomic mass is 9.79. The second-order valence-corrected chi connectivity index (χ2v) is 9.37. The molecule has 1 aliphatic rings. The minimum absolute atomic E-state index is 0.0291. The smallest absolute Gasteiger partial charge is 0.251 e. The van der Waals surface area contributed by atoms with Gasteiger partial charge in [0.2, 0.25) is 0 Å². The van der Waals surface area contributed by atoms with E-state index in [9.17, 15) is 4.79 Å². The van der Waals surface area contributed by atoms with Crippen LogP contribution in [0.2, 0.25) is 0 Å². The van der Waals surface area contributed by atoms with E-state index in [1.165, 1.54) is 11.1 Å². The zero-order chi connectivity index (χ0) is 18.1. The highest BCUT2D eigenvalue weighted by atomic mass is 16.1. The molecule has 24 heavy (non-hydrogen) atoms. The Balaban J connectivity index is 2.29. The molecule has 1 aromatic carbocycles. The van der Waals surface area contributed by atoms with Gasteiger partial charge in [0.25, 0.3) is 5.91 Å². The van der Waals surface area contributed by atoms with Gasteiger partial charge in [0.1, 0.15) is 0 Å². The van der Waals surface area contributed by atoms with Crippen LogP contribution in [-0.4, -0.2) is 37.0 Å². The summed E-state index contributed by atoms with van der Waals surface area (Å²) in [6.07, 6.45) is 2.22. The largest absolute Gasteiger partial charge is 0.348 e. The van der Waals surface area contributed by atoms with E-state index in [4.69, 9.17) is 0 Å². The summed E-state index contributed by atoms with van der Waals surface area (Å²) in [5.74, 6) is 0.0619. The van der Waals surface area contributed by atoms with E-state index in [0.717, 1.165) is 31.5 Å². The molecule has 0 aliphatic carbocycles. The number of hydrogen-bond acceptors (Lipinski definition) is 2. The number of nitrogens with one attached hydrogen (secondary N) is 1. The molecule has 0 bridgehead atoms. The fraction of sp³-hybridized carbons (Fsp3) is 0.667. The number of rotatable bonds is 2. The molecule has 3 heteroatoms. The van der Waals surface area contributed by atoms with Crippen molar-refractivity contribution in [1.29, 1.82) is 0 Å². The van der Waals surface area contributed by atoms with Crippen molar-refractivity contribution < 1.29 is 4.79 Å². The molecule has 1 N–H and O–H groups in total. The molecule has 1 saturated heterocycles. The molecular weight excluding hydrogens is 296 g/mol. The van der Waals surface area contributed by atoms with E-state index < -0.39 is 0 Å². The minimum Gasteiger partial charge on any atom is -0.348 e. The van der Waals surface area contributed by atoms with Crippen molar-refractivity contribution in [3.63, 3.8) is 0 Å². The van der Waals surface area contributed by atoms with E-state index in [-0.39, 0.29) is 22.8 Å². The molecule has 1 unspecified atom stereocenters. The quantitative estimate of drug-likeness (QED) is 0.885. The van der Waals surface area contributed by atoms with Gasteiger partial charge in [-0.25, -0.2) is 0 Å². The Hall–Kier alpha value is -1.35. The molecule has 1 aromatic rings. The molecule has 1 amide bonds. The molecule has 1 fully saturated rings. The predicted molar refractivity (Wildman–Crippen MR) is 102 cm³/mol. The maximum atomic E-state index is 12.8. The third kappa shape index (κ3) is 4.83. The minimum atomic E-state index is 0.0291. The van der Waals surface area contributed by atoms with E-state index in [2.05, 4.69) is 77.0 Å². The lowest BCUT2D eigenvalue weighted by Crippen LogP contribution is -2.46. The van der Waals surface area contributed by atoms with Crippen LogP contribution in [0.4, 0.5) is 0 Å². The van der Waals surface area contributed by atoms with Gasteiger partial charge in [0.15, 0.2) is 0 Å². The summed E-state index contributed by atoms with van der Waals surface area (Å²) >= 11 is 0. The molecule has 1 aliphatic heterocycles. The number of carbonyl (C=O) groups is 1. The number of hydrogen-bond donors (Lipinski definition) is 1. The predicted octanol–water partition coefficient (Wildman–Crippen LogP) is 4.11. The second kappa shape index (κ2) is 6.87. The maximum Gasteiger partial charge on any atom is 0.251 e. The van der Waals surface area contributed by atoms with Crippen LogP contribution in [0.15, 0.2) is 18.2 Å². The molecule has 0 saturated carbocycles. The zero-order valence-electron chi connectivity index (χ0n) is 16.5. The number of piperidine rings is 1. The first kappa shape index (κ1) is 19.0. The highest BCUT2D eigenvalue weighted by Crippen LogP contribution is 2.30. The van der Waals surface area contributed by atoms with Crippen molar-refractivity contribution in [1.82, 2.24) is 10.2 Å². The van der Waals surface area contributed by atoms with Crippen LogP contribution in [0.3, 0.4) is 0 Å². The van der Waals surface area contributed by atoms with E-state index in [1.54, 1.807) is 0 Å². The lowest BCUT2D eigenvalue weighted by Gasteiger charge is -2.30. The monoisotopic (exact) mass is 330 g/mol. The Kier molecular flexibility index (Phi) is 5.44. The van der Waals surface area contributed by atoms with Crippen LogP contribution in [0.5, 0.6) is 0 Å². The maximum absolute atomic E-state index is 12.8. The molecule has 134 valence electrons. The highest BCUT2D eigenvalue weighted by molar-refractivity contribution is 5.95. The van der Waals surface area contributed by atoms with Crippen LogP contribution in [0, 0.1) is 0 Å². The summed E-state index contributed by atoms with van der Waals surface area (Å²) in [7, 11) is 2.12. The Labute approximate surface area is 147 Å². The van der Waals surface area contributed by atoms with Crippen LogP contribution in [0.25, 0.3) is 0 Å². The van der Waals surface area contributed by atoms with Crippen LogP contribution < -0.4 is 5.32 Å². The zero-order valence-corrected chi connectivity index (χ0v) is 16.5. The first-order chi connectivity index (χ1) is 11.0. The number of likely N-dealkylation sites (tertiary alicyclic amines) is 1. The van der Waals surface area contributed by atoms with Crippen molar-refractivity contribution >= 4 is 5.91 Å². The standard InChI is InChI=1S/C21H34N2O/c1-20(2,3)16-11-15(12-17(13-16)21(4,5)6)19(24)22-18-9-8-10-23(7)14-18/h11-13,18H,8-10,14H2,1-7H3,(H,22,24). The summed E-state index contributed by atoms with van der Waals surface area (Å²) in [4.78, 5) is 15.1. The fourth-order valence-electron chi connectivity index (χ4n) is 3.18. The average Bonchev–Trinajstić information content (AvgIpc) is 2.45. The van der Waals surface area contributed by atoms with Crippen LogP contribution >= 0.6 is 0 Å². The summed E-state index contributed by atoms with van der Waals surface area (Å²) in [5, 5.41) is 3.24. The Morgan fingerprint density at radius 2 is 1.58 bits per heavy atom. The lowest BCUT2D eigenvalue weighted by molar-refractivity contribution is 0.0912. The summed E-state index contributed by atoms with van der Waals surface area (Å²) in [6, 6.07) is 6.65. The van der Waals surface area contributed by atoms with Crippen molar-refractivity contribution in [2.24, 2.45) is 0 Å². The van der Waals surface area contributed by atoms with Crippen molar-refractivity contribution in [2.75, 3.05) is 20.1 Å². The van der Waals surface area contributed by atoms with E-state index >= 15 is 0 Å². The summed E-state index contributed by atoms with van der Waals surface area (Å²) in [5.41, 5.74) is 3.30. The Morgan fingerprint density at radius 1 is 1.04 bits per heavy atom. The van der Waals surface area contributed by atoms with Gasteiger partial charge in [-0.2, -0.15) is 0 Å². The number of benzene rings is 1. The van der Waals surface area contributed by atoms with Gasteiger partial charge in [0, 0.05) is 18.2 Å².